The molecule has 18 atom stereocenters. The Labute approximate surface area is 306 Å². The molecule has 0 aromatic rings. The molecule has 0 aromatic heterocycles. The average Bonchev–Trinajstić information content (AvgIpc) is 3.91. The molecule has 4 rings (SSSR count). The zero-order valence-corrected chi connectivity index (χ0v) is 33.2. The minimum atomic E-state index is -1.49. The topological polar surface area (TPSA) is 169 Å². The molecule has 3 aliphatic heterocycles. The number of carbonyl (C=O) groups excluding carboxylic acids is 1. The Morgan fingerprint density at radius 1 is 0.902 bits per heavy atom. The molecule has 13 nitrogen and oxygen atoms in total. The number of nitrogens with zero attached hydrogens (tertiary/aromatic N) is 1. The summed E-state index contributed by atoms with van der Waals surface area (Å²) in [6, 6.07) is -0.530. The Morgan fingerprint density at radius 2 is 1.55 bits per heavy atom. The molecule has 0 bridgehead atoms. The first-order valence-electron chi connectivity index (χ1n) is 19.2. The number of hydrogen-bond acceptors (Lipinski definition) is 13. The van der Waals surface area contributed by atoms with Crippen LogP contribution in [0.15, 0.2) is 0 Å². The molecule has 298 valence electrons. The summed E-state index contributed by atoms with van der Waals surface area (Å²) in [6.45, 7) is 17.2. The number of nitrogens with one attached hydrogen (secondary N) is 1. The van der Waals surface area contributed by atoms with E-state index in [0.717, 1.165) is 12.8 Å². The van der Waals surface area contributed by atoms with Gasteiger partial charge in [-0.25, -0.2) is 0 Å². The molecule has 0 spiro atoms. The summed E-state index contributed by atoms with van der Waals surface area (Å²) in [6.07, 6.45) is -4.95. The zero-order chi connectivity index (χ0) is 38.2. The Balaban J connectivity index is 1.77. The van der Waals surface area contributed by atoms with Gasteiger partial charge in [-0.1, -0.05) is 20.8 Å². The molecule has 51 heavy (non-hydrogen) atoms. The summed E-state index contributed by atoms with van der Waals surface area (Å²) < 4.78 is 38.0. The first-order valence-corrected chi connectivity index (χ1v) is 19.2. The molecule has 4 aliphatic rings. The Morgan fingerprint density at radius 3 is 2.14 bits per heavy atom. The molecule has 0 aromatic carbocycles. The largest absolute Gasteiger partial charge is 0.461 e. The maximum Gasteiger partial charge on any atom is 0.311 e. The third-order valence-electron chi connectivity index (χ3n) is 12.3. The van der Waals surface area contributed by atoms with Gasteiger partial charge in [-0.15, -0.1) is 0 Å². The van der Waals surface area contributed by atoms with Crippen LogP contribution >= 0.6 is 0 Å². The number of rotatable bonds is 7. The summed E-state index contributed by atoms with van der Waals surface area (Å²) in [5, 5.41) is 49.8. The number of aliphatic hydroxyl groups excluding tert-OH is 3. The van der Waals surface area contributed by atoms with E-state index in [1.54, 1.807) is 27.7 Å². The summed E-state index contributed by atoms with van der Waals surface area (Å²) in [4.78, 5) is 16.2. The van der Waals surface area contributed by atoms with Crippen LogP contribution in [0.25, 0.3) is 0 Å². The second kappa shape index (κ2) is 17.2. The lowest BCUT2D eigenvalue weighted by Crippen LogP contribution is -2.60. The van der Waals surface area contributed by atoms with Crippen LogP contribution in [0.3, 0.4) is 0 Å². The fourth-order valence-electron chi connectivity index (χ4n) is 8.76. The molecule has 5 N–H and O–H groups in total. The summed E-state index contributed by atoms with van der Waals surface area (Å²) in [7, 11) is 5.34. The van der Waals surface area contributed by atoms with Gasteiger partial charge in [0.15, 0.2) is 12.6 Å². The van der Waals surface area contributed by atoms with Crippen LogP contribution in [0.5, 0.6) is 0 Å². The van der Waals surface area contributed by atoms with Crippen molar-refractivity contribution >= 4 is 5.97 Å². The Bertz CT molecular complexity index is 1130. The van der Waals surface area contributed by atoms with Crippen LogP contribution in [-0.2, 0) is 33.2 Å². The van der Waals surface area contributed by atoms with Crippen molar-refractivity contribution in [1.29, 1.82) is 0 Å². The van der Waals surface area contributed by atoms with E-state index in [4.69, 9.17) is 28.4 Å². The van der Waals surface area contributed by atoms with Crippen molar-refractivity contribution in [2.24, 2.45) is 29.6 Å². The number of hydrogen-bond donors (Lipinski definition) is 5. The number of carbonyl (C=O) groups is 1. The van der Waals surface area contributed by atoms with Crippen LogP contribution in [0.2, 0.25) is 0 Å². The normalized spacial score (nSPS) is 49.9. The SMILES string of the molecule is CO[C@]1(C)C[C@H](O[C@H]2[C@H](C)[C@@H](O[C@@H]3O[C@H](C)C[C@H](N(C)C)[C@H]3O)[C@@](C)(O)C[C@@H](C)CN[C@H](C)[C@@H](O)[C@@H](C)[C@@H](C3CC3)OC(=O)[C@@H]2C)O[C@@H](C)[C@@H]1O. The average molecular weight is 731 g/mol. The van der Waals surface area contributed by atoms with E-state index < -0.39 is 84.3 Å². The molecule has 0 radical (unpaired) electrons. The van der Waals surface area contributed by atoms with Gasteiger partial charge in [0.05, 0.1) is 47.6 Å². The zero-order valence-electron chi connectivity index (χ0n) is 33.2. The molecule has 0 unspecified atom stereocenters. The van der Waals surface area contributed by atoms with Crippen molar-refractivity contribution in [3.63, 3.8) is 0 Å². The van der Waals surface area contributed by atoms with E-state index in [1.807, 2.05) is 53.6 Å². The fourth-order valence-corrected chi connectivity index (χ4v) is 8.76. The molecule has 13 heteroatoms. The van der Waals surface area contributed by atoms with Gasteiger partial charge in [-0.05, 0) is 99.7 Å². The van der Waals surface area contributed by atoms with Gasteiger partial charge in [-0.3, -0.25) is 4.79 Å². The number of aliphatic hydroxyl groups is 4. The second-order valence-electron chi connectivity index (χ2n) is 17.3. The fraction of sp³-hybridized carbons (Fsp3) is 0.974. The molecule has 3 heterocycles. The first kappa shape index (κ1) is 42.8. The molecule has 1 aliphatic carbocycles. The van der Waals surface area contributed by atoms with E-state index in [2.05, 4.69) is 5.32 Å². The molecule has 1 saturated carbocycles. The highest BCUT2D eigenvalue weighted by Gasteiger charge is 2.52. The molecule has 4 fully saturated rings. The van der Waals surface area contributed by atoms with E-state index in [1.165, 1.54) is 7.11 Å². The van der Waals surface area contributed by atoms with Crippen LogP contribution in [0, 0.1) is 29.6 Å². The van der Waals surface area contributed by atoms with Gasteiger partial charge >= 0.3 is 5.97 Å². The number of cyclic esters (lactones) is 1. The van der Waals surface area contributed by atoms with Crippen molar-refractivity contribution < 1.29 is 53.6 Å². The first-order chi connectivity index (χ1) is 23.7. The highest BCUT2D eigenvalue weighted by molar-refractivity contribution is 5.73. The van der Waals surface area contributed by atoms with Gasteiger partial charge in [0.1, 0.15) is 18.3 Å². The van der Waals surface area contributed by atoms with E-state index in [-0.39, 0.29) is 42.4 Å². The maximum atomic E-state index is 14.3. The minimum absolute atomic E-state index is 0.0562. The minimum Gasteiger partial charge on any atom is -0.461 e. The quantitative estimate of drug-likeness (QED) is 0.243. The van der Waals surface area contributed by atoms with Crippen LogP contribution in [0.4, 0.5) is 0 Å². The molecule has 3 saturated heterocycles. The predicted molar refractivity (Wildman–Crippen MR) is 191 cm³/mol. The highest BCUT2D eigenvalue weighted by atomic mass is 16.7. The van der Waals surface area contributed by atoms with Crippen molar-refractivity contribution in [2.45, 2.75) is 179 Å². The lowest BCUT2D eigenvalue weighted by atomic mass is 9.77. The van der Waals surface area contributed by atoms with Crippen molar-refractivity contribution in [2.75, 3.05) is 27.7 Å². The van der Waals surface area contributed by atoms with E-state index in [9.17, 15) is 25.2 Å². The van der Waals surface area contributed by atoms with Gasteiger partial charge in [0, 0.05) is 37.5 Å². The van der Waals surface area contributed by atoms with Gasteiger partial charge in [0.2, 0.25) is 0 Å². The summed E-state index contributed by atoms with van der Waals surface area (Å²) in [5.74, 6) is -2.24. The van der Waals surface area contributed by atoms with E-state index >= 15 is 0 Å². The maximum absolute atomic E-state index is 14.3. The van der Waals surface area contributed by atoms with Gasteiger partial charge in [-0.2, -0.15) is 0 Å². The van der Waals surface area contributed by atoms with Crippen LogP contribution in [0.1, 0.15) is 94.4 Å². The Kier molecular flexibility index (Phi) is 14.4. The Hall–Kier alpha value is -0.970. The monoisotopic (exact) mass is 730 g/mol. The van der Waals surface area contributed by atoms with Crippen molar-refractivity contribution in [3.05, 3.63) is 0 Å². The second-order valence-corrected chi connectivity index (χ2v) is 17.3. The van der Waals surface area contributed by atoms with Crippen molar-refractivity contribution in [3.8, 4) is 0 Å². The third-order valence-corrected chi connectivity index (χ3v) is 12.3. The number of methoxy groups -OCH3 is 1. The molecular weight excluding hydrogens is 660 g/mol. The summed E-state index contributed by atoms with van der Waals surface area (Å²) in [5.41, 5.74) is -2.47. The highest BCUT2D eigenvalue weighted by Crippen LogP contribution is 2.42. The molecule has 0 amide bonds. The van der Waals surface area contributed by atoms with Gasteiger partial charge < -0.3 is 59.1 Å². The summed E-state index contributed by atoms with van der Waals surface area (Å²) >= 11 is 0. The van der Waals surface area contributed by atoms with Crippen LogP contribution in [-0.4, -0.2) is 144 Å². The van der Waals surface area contributed by atoms with Gasteiger partial charge in [0.25, 0.3) is 0 Å². The lowest BCUT2D eigenvalue weighted by molar-refractivity contribution is -0.317. The lowest BCUT2D eigenvalue weighted by Gasteiger charge is -2.48. The standard InChI is InChI=1S/C38H70N2O11/c1-19-16-37(8,45)34(51-36-30(42)27(40(10)11)15-20(2)47-36)22(4)31(49-28-17-38(9,46-12)33(43)25(7)48-28)23(5)35(44)50-32(26-13-14-26)21(3)29(41)24(6)39-18-19/h19-34,36,39,41-43,45H,13-18H2,1-12H3/t19-,20-,21-,22+,23-,24-,25+,27+,28+,29+,30-,31+,32+,33+,34-,36+,37+,38-/m1/s1. The third kappa shape index (κ3) is 10.0. The smallest absolute Gasteiger partial charge is 0.311 e. The van der Waals surface area contributed by atoms with Crippen LogP contribution < -0.4 is 5.32 Å². The molecular formula is C38H70N2O11. The number of likely N-dealkylation sites (N-methyl/N-ethyl adjacent to an activating group) is 1. The predicted octanol–water partition coefficient (Wildman–Crippen LogP) is 2.44. The van der Waals surface area contributed by atoms with Crippen molar-refractivity contribution in [1.82, 2.24) is 10.2 Å². The number of esters is 1. The van der Waals surface area contributed by atoms with E-state index in [0.29, 0.717) is 19.4 Å². The number of ether oxygens (including phenoxy) is 6.